The van der Waals surface area contributed by atoms with Crippen molar-refractivity contribution in [2.24, 2.45) is 15.7 Å². The number of methoxy groups -OCH3 is 1. The van der Waals surface area contributed by atoms with Crippen molar-refractivity contribution in [2.45, 2.75) is 25.0 Å². The molecule has 0 bridgehead atoms. The van der Waals surface area contributed by atoms with Gasteiger partial charge in [-0.3, -0.25) is 10.7 Å². The van der Waals surface area contributed by atoms with Crippen LogP contribution in [-0.2, 0) is 11.2 Å². The summed E-state index contributed by atoms with van der Waals surface area (Å²) < 4.78 is 22.9. The van der Waals surface area contributed by atoms with Gasteiger partial charge in [-0.15, -0.1) is 0 Å². The topological polar surface area (TPSA) is 104 Å². The minimum atomic E-state index is -0.535. The van der Waals surface area contributed by atoms with Crippen molar-refractivity contribution in [1.29, 1.82) is 0 Å². The number of nitrogens with zero attached hydrogens (tertiary/aromatic N) is 3. The highest BCUT2D eigenvalue weighted by molar-refractivity contribution is 6.09. The molecule has 8 nitrogen and oxygen atoms in total. The third-order valence-electron chi connectivity index (χ3n) is 5.41. The zero-order chi connectivity index (χ0) is 21.2. The van der Waals surface area contributed by atoms with E-state index in [1.165, 1.54) is 0 Å². The summed E-state index contributed by atoms with van der Waals surface area (Å²) in [6.45, 7) is 1.58. The summed E-state index contributed by atoms with van der Waals surface area (Å²) >= 11 is 0. The molecule has 2 aliphatic heterocycles. The van der Waals surface area contributed by atoms with E-state index in [4.69, 9.17) is 29.3 Å². The average molecular weight is 420 g/mol. The number of ether oxygens (including phenoxy) is 3. The lowest BCUT2D eigenvalue weighted by Gasteiger charge is -2.23. The number of hydrogen-bond donors (Lipinski definition) is 1. The standard InChI is InChI=1S/C23H24N4O4/c1-28-8-9-29-17-3-5-20-15(11-17)10-16(13-30-20)22-26-19-4-2-14(12-21(19)31-22)18-6-7-25-23(24)27-18/h2-5,7,11-12,16,23H,6,8-10,13,24H2,1H3. The van der Waals surface area contributed by atoms with E-state index in [1.807, 2.05) is 36.4 Å². The Balaban J connectivity index is 1.36. The van der Waals surface area contributed by atoms with E-state index in [2.05, 4.69) is 9.98 Å². The SMILES string of the molecule is COCCOc1ccc2c(c1)CC(c1nc3ccc(C4=NC(N)N=CC4)cc3o1)CO2. The van der Waals surface area contributed by atoms with Gasteiger partial charge in [-0.2, -0.15) is 0 Å². The minimum Gasteiger partial charge on any atom is -0.492 e. The van der Waals surface area contributed by atoms with E-state index in [9.17, 15) is 0 Å². The smallest absolute Gasteiger partial charge is 0.202 e. The number of nitrogens with two attached hydrogens (primary N) is 1. The first-order valence-electron chi connectivity index (χ1n) is 10.3. The monoisotopic (exact) mass is 420 g/mol. The predicted molar refractivity (Wildman–Crippen MR) is 117 cm³/mol. The first-order chi connectivity index (χ1) is 15.2. The highest BCUT2D eigenvalue weighted by Crippen LogP contribution is 2.35. The maximum atomic E-state index is 6.13. The molecule has 5 rings (SSSR count). The van der Waals surface area contributed by atoms with Crippen LogP contribution in [0.25, 0.3) is 11.1 Å². The molecule has 160 valence electrons. The largest absolute Gasteiger partial charge is 0.492 e. The summed E-state index contributed by atoms with van der Waals surface area (Å²) in [5.41, 5.74) is 10.3. The maximum Gasteiger partial charge on any atom is 0.202 e. The Hall–Kier alpha value is -3.23. The molecule has 2 atom stereocenters. The van der Waals surface area contributed by atoms with Crippen molar-refractivity contribution in [3.63, 3.8) is 0 Å². The number of fused-ring (bicyclic) bond motifs is 2. The third-order valence-corrected chi connectivity index (χ3v) is 5.41. The lowest BCUT2D eigenvalue weighted by molar-refractivity contribution is 0.146. The summed E-state index contributed by atoms with van der Waals surface area (Å²) in [6, 6.07) is 11.8. The summed E-state index contributed by atoms with van der Waals surface area (Å²) in [5, 5.41) is 0. The molecule has 0 spiro atoms. The normalized spacial score (nSPS) is 20.3. The van der Waals surface area contributed by atoms with Gasteiger partial charge in [0.1, 0.15) is 30.2 Å². The molecule has 0 saturated heterocycles. The molecule has 0 saturated carbocycles. The molecule has 2 aromatic carbocycles. The summed E-state index contributed by atoms with van der Waals surface area (Å²) in [4.78, 5) is 13.2. The van der Waals surface area contributed by atoms with Gasteiger partial charge < -0.3 is 18.6 Å². The predicted octanol–water partition coefficient (Wildman–Crippen LogP) is 3.08. The van der Waals surface area contributed by atoms with Crippen LogP contribution in [0.3, 0.4) is 0 Å². The molecule has 0 aliphatic carbocycles. The van der Waals surface area contributed by atoms with Gasteiger partial charge in [0.2, 0.25) is 5.89 Å². The molecule has 3 heterocycles. The van der Waals surface area contributed by atoms with Crippen LogP contribution in [0.2, 0.25) is 0 Å². The molecule has 2 aliphatic rings. The van der Waals surface area contributed by atoms with Crippen molar-refractivity contribution in [3.05, 3.63) is 53.4 Å². The van der Waals surface area contributed by atoms with Gasteiger partial charge in [-0.05, 0) is 47.9 Å². The number of rotatable bonds is 6. The second kappa shape index (κ2) is 8.49. The first-order valence-corrected chi connectivity index (χ1v) is 10.3. The lowest BCUT2D eigenvalue weighted by atomic mass is 9.96. The Labute approximate surface area is 179 Å². The Morgan fingerprint density at radius 3 is 2.97 bits per heavy atom. The van der Waals surface area contributed by atoms with Crippen LogP contribution in [-0.4, -0.2) is 50.1 Å². The van der Waals surface area contributed by atoms with E-state index >= 15 is 0 Å². The minimum absolute atomic E-state index is 0.0325. The highest BCUT2D eigenvalue weighted by atomic mass is 16.5. The molecule has 0 amide bonds. The molecule has 1 aromatic heterocycles. The average Bonchev–Trinajstić information content (AvgIpc) is 3.22. The van der Waals surface area contributed by atoms with Crippen LogP contribution in [0.15, 0.2) is 50.8 Å². The van der Waals surface area contributed by atoms with Crippen LogP contribution < -0.4 is 15.2 Å². The van der Waals surface area contributed by atoms with Crippen LogP contribution in [0.1, 0.15) is 29.4 Å². The highest BCUT2D eigenvalue weighted by Gasteiger charge is 2.26. The molecule has 0 fully saturated rings. The van der Waals surface area contributed by atoms with Crippen LogP contribution >= 0.6 is 0 Å². The third kappa shape index (κ3) is 4.17. The first kappa shape index (κ1) is 19.7. The molecular formula is C23H24N4O4. The van der Waals surface area contributed by atoms with Crippen molar-refractivity contribution in [3.8, 4) is 11.5 Å². The van der Waals surface area contributed by atoms with Crippen molar-refractivity contribution < 1.29 is 18.6 Å². The fourth-order valence-corrected chi connectivity index (χ4v) is 3.84. The van der Waals surface area contributed by atoms with Gasteiger partial charge >= 0.3 is 0 Å². The lowest BCUT2D eigenvalue weighted by Crippen LogP contribution is -2.21. The fraction of sp³-hybridized carbons (Fsp3) is 0.348. The molecular weight excluding hydrogens is 396 g/mol. The zero-order valence-corrected chi connectivity index (χ0v) is 17.3. The second-order valence-corrected chi connectivity index (χ2v) is 7.58. The van der Waals surface area contributed by atoms with Crippen LogP contribution in [0.4, 0.5) is 0 Å². The van der Waals surface area contributed by atoms with Crippen molar-refractivity contribution in [2.75, 3.05) is 26.9 Å². The molecule has 2 N–H and O–H groups in total. The molecule has 8 heteroatoms. The Morgan fingerprint density at radius 1 is 1.16 bits per heavy atom. The van der Waals surface area contributed by atoms with Crippen molar-refractivity contribution in [1.82, 2.24) is 4.98 Å². The van der Waals surface area contributed by atoms with E-state index in [0.29, 0.717) is 32.1 Å². The zero-order valence-electron chi connectivity index (χ0n) is 17.3. The van der Waals surface area contributed by atoms with Gasteiger partial charge in [-0.1, -0.05) is 6.07 Å². The summed E-state index contributed by atoms with van der Waals surface area (Å²) in [6.07, 6.45) is 2.69. The Morgan fingerprint density at radius 2 is 2.10 bits per heavy atom. The van der Waals surface area contributed by atoms with E-state index in [1.54, 1.807) is 13.3 Å². The number of benzene rings is 2. The molecule has 31 heavy (non-hydrogen) atoms. The van der Waals surface area contributed by atoms with Crippen LogP contribution in [0, 0.1) is 0 Å². The molecule has 3 aromatic rings. The fourth-order valence-electron chi connectivity index (χ4n) is 3.84. The molecule has 0 radical (unpaired) electrons. The molecule has 2 unspecified atom stereocenters. The van der Waals surface area contributed by atoms with Crippen molar-refractivity contribution >= 4 is 23.0 Å². The van der Waals surface area contributed by atoms with Crippen LogP contribution in [0.5, 0.6) is 11.5 Å². The maximum absolute atomic E-state index is 6.13. The van der Waals surface area contributed by atoms with Gasteiger partial charge in [0.25, 0.3) is 0 Å². The number of aromatic nitrogens is 1. The Kier molecular flexibility index (Phi) is 5.40. The van der Waals surface area contributed by atoms with E-state index in [0.717, 1.165) is 45.9 Å². The van der Waals surface area contributed by atoms with E-state index in [-0.39, 0.29) is 5.92 Å². The number of hydrogen-bond acceptors (Lipinski definition) is 8. The van der Waals surface area contributed by atoms with Gasteiger partial charge in [0.15, 0.2) is 11.9 Å². The summed E-state index contributed by atoms with van der Waals surface area (Å²) in [5.74, 6) is 2.39. The van der Waals surface area contributed by atoms with Gasteiger partial charge in [-0.25, -0.2) is 9.98 Å². The van der Waals surface area contributed by atoms with Gasteiger partial charge in [0.05, 0.1) is 18.2 Å². The second-order valence-electron chi connectivity index (χ2n) is 7.58. The summed E-state index contributed by atoms with van der Waals surface area (Å²) in [7, 11) is 1.66. The number of aliphatic imine (C=N–C) groups is 2. The van der Waals surface area contributed by atoms with E-state index < -0.39 is 6.29 Å². The number of oxazole rings is 1. The Bertz CT molecular complexity index is 1150. The quantitative estimate of drug-likeness (QED) is 0.615. The van der Waals surface area contributed by atoms with Gasteiger partial charge in [0, 0.05) is 19.7 Å².